The predicted molar refractivity (Wildman–Crippen MR) is 56.3 cm³/mol. The standard InChI is InChI=1S/C9H11BrS/c1-6-3-8(5-11)4-7(2)9(6)10/h3-4,11H,5H2,1-2H3. The Morgan fingerprint density at radius 1 is 1.27 bits per heavy atom. The van der Waals surface area contributed by atoms with Crippen molar-refractivity contribution in [3.05, 3.63) is 33.3 Å². The zero-order valence-electron chi connectivity index (χ0n) is 6.69. The molecule has 1 aromatic rings. The highest BCUT2D eigenvalue weighted by Crippen LogP contribution is 2.22. The van der Waals surface area contributed by atoms with E-state index in [0.29, 0.717) is 0 Å². The zero-order valence-corrected chi connectivity index (χ0v) is 9.17. The second-order valence-electron chi connectivity index (χ2n) is 2.70. The van der Waals surface area contributed by atoms with Crippen LogP contribution >= 0.6 is 28.6 Å². The van der Waals surface area contributed by atoms with Gasteiger partial charge < -0.3 is 0 Å². The monoisotopic (exact) mass is 230 g/mol. The van der Waals surface area contributed by atoms with Gasteiger partial charge >= 0.3 is 0 Å². The van der Waals surface area contributed by atoms with Crippen LogP contribution in [-0.2, 0) is 5.75 Å². The van der Waals surface area contributed by atoms with Gasteiger partial charge in [-0.3, -0.25) is 0 Å². The lowest BCUT2D eigenvalue weighted by Gasteiger charge is -2.04. The van der Waals surface area contributed by atoms with Crippen LogP contribution in [0.5, 0.6) is 0 Å². The smallest absolute Gasteiger partial charge is 0.0233 e. The summed E-state index contributed by atoms with van der Waals surface area (Å²) in [4.78, 5) is 0. The Kier molecular flexibility index (Phi) is 3.02. The number of rotatable bonds is 1. The van der Waals surface area contributed by atoms with Crippen molar-refractivity contribution in [1.29, 1.82) is 0 Å². The Hall–Kier alpha value is 0.0500. The maximum Gasteiger partial charge on any atom is 0.0233 e. The second-order valence-corrected chi connectivity index (χ2v) is 3.81. The molecule has 0 aliphatic rings. The second kappa shape index (κ2) is 3.63. The lowest BCUT2D eigenvalue weighted by molar-refractivity contribution is 1.28. The molecule has 2 heteroatoms. The molecule has 0 saturated carbocycles. The van der Waals surface area contributed by atoms with Crippen LogP contribution in [0.4, 0.5) is 0 Å². The van der Waals surface area contributed by atoms with Crippen LogP contribution in [0.25, 0.3) is 0 Å². The van der Waals surface area contributed by atoms with E-state index >= 15 is 0 Å². The van der Waals surface area contributed by atoms with Gasteiger partial charge in [0.2, 0.25) is 0 Å². The topological polar surface area (TPSA) is 0 Å². The van der Waals surface area contributed by atoms with Gasteiger partial charge in [-0.15, -0.1) is 0 Å². The van der Waals surface area contributed by atoms with Crippen molar-refractivity contribution in [3.63, 3.8) is 0 Å². The minimum absolute atomic E-state index is 0.814. The van der Waals surface area contributed by atoms with Crippen LogP contribution in [0, 0.1) is 13.8 Å². The van der Waals surface area contributed by atoms with Gasteiger partial charge in [-0.25, -0.2) is 0 Å². The number of benzene rings is 1. The van der Waals surface area contributed by atoms with Crippen molar-refractivity contribution in [1.82, 2.24) is 0 Å². The molecule has 1 rings (SSSR count). The zero-order chi connectivity index (χ0) is 8.43. The van der Waals surface area contributed by atoms with E-state index in [-0.39, 0.29) is 0 Å². The molecule has 0 saturated heterocycles. The van der Waals surface area contributed by atoms with E-state index in [1.165, 1.54) is 21.2 Å². The van der Waals surface area contributed by atoms with Crippen molar-refractivity contribution < 1.29 is 0 Å². The van der Waals surface area contributed by atoms with E-state index in [1.54, 1.807) is 0 Å². The Bertz CT molecular complexity index is 245. The van der Waals surface area contributed by atoms with Crippen LogP contribution in [-0.4, -0.2) is 0 Å². The SMILES string of the molecule is Cc1cc(CS)cc(C)c1Br. The van der Waals surface area contributed by atoms with Gasteiger partial charge in [0.1, 0.15) is 0 Å². The van der Waals surface area contributed by atoms with Gasteiger partial charge in [0.15, 0.2) is 0 Å². The number of aryl methyl sites for hydroxylation is 2. The Labute approximate surface area is 81.5 Å². The molecule has 0 amide bonds. The highest BCUT2D eigenvalue weighted by Gasteiger charge is 1.99. The first-order valence-electron chi connectivity index (χ1n) is 3.51. The maximum atomic E-state index is 4.22. The Morgan fingerprint density at radius 2 is 1.73 bits per heavy atom. The molecular weight excluding hydrogens is 220 g/mol. The molecule has 0 N–H and O–H groups in total. The van der Waals surface area contributed by atoms with E-state index < -0.39 is 0 Å². The Morgan fingerprint density at radius 3 is 2.09 bits per heavy atom. The van der Waals surface area contributed by atoms with Crippen LogP contribution < -0.4 is 0 Å². The van der Waals surface area contributed by atoms with Gasteiger partial charge in [0.25, 0.3) is 0 Å². The van der Waals surface area contributed by atoms with Crippen molar-refractivity contribution >= 4 is 28.6 Å². The summed E-state index contributed by atoms with van der Waals surface area (Å²) in [6.45, 7) is 4.20. The summed E-state index contributed by atoms with van der Waals surface area (Å²) in [6, 6.07) is 4.31. The molecule has 0 aliphatic carbocycles. The van der Waals surface area contributed by atoms with Crippen molar-refractivity contribution in [2.45, 2.75) is 19.6 Å². The fraction of sp³-hybridized carbons (Fsp3) is 0.333. The summed E-state index contributed by atoms with van der Waals surface area (Å²) in [5, 5.41) is 0. The number of hydrogen-bond donors (Lipinski definition) is 1. The third kappa shape index (κ3) is 2.00. The van der Waals surface area contributed by atoms with Crippen LogP contribution in [0.2, 0.25) is 0 Å². The fourth-order valence-corrected chi connectivity index (χ4v) is 1.54. The summed E-state index contributed by atoms with van der Waals surface area (Å²) in [5.74, 6) is 0.814. The molecule has 0 aliphatic heterocycles. The van der Waals surface area contributed by atoms with Gasteiger partial charge in [0, 0.05) is 10.2 Å². The Balaban J connectivity index is 3.21. The first-order chi connectivity index (χ1) is 5.15. The summed E-state index contributed by atoms with van der Waals surface area (Å²) >= 11 is 7.74. The van der Waals surface area contributed by atoms with E-state index in [9.17, 15) is 0 Å². The molecular formula is C9H11BrS. The largest absolute Gasteiger partial charge is 0.175 e. The number of thiol groups is 1. The molecule has 1 aromatic carbocycles. The van der Waals surface area contributed by atoms with Crippen molar-refractivity contribution in [2.75, 3.05) is 0 Å². The number of hydrogen-bond acceptors (Lipinski definition) is 1. The lowest BCUT2D eigenvalue weighted by Crippen LogP contribution is -1.85. The van der Waals surface area contributed by atoms with Crippen molar-refractivity contribution in [3.8, 4) is 0 Å². The fourth-order valence-electron chi connectivity index (χ4n) is 1.13. The lowest BCUT2D eigenvalue weighted by atomic mass is 10.1. The average Bonchev–Trinajstić information content (AvgIpc) is 1.99. The van der Waals surface area contributed by atoms with Gasteiger partial charge in [-0.2, -0.15) is 12.6 Å². The van der Waals surface area contributed by atoms with Crippen LogP contribution in [0.3, 0.4) is 0 Å². The van der Waals surface area contributed by atoms with Crippen LogP contribution in [0.1, 0.15) is 16.7 Å². The quantitative estimate of drug-likeness (QED) is 0.702. The molecule has 0 fully saturated rings. The van der Waals surface area contributed by atoms with Gasteiger partial charge in [-0.1, -0.05) is 28.1 Å². The first-order valence-corrected chi connectivity index (χ1v) is 4.94. The third-order valence-corrected chi connectivity index (χ3v) is 3.29. The molecule has 0 nitrogen and oxygen atoms in total. The number of halogens is 1. The normalized spacial score (nSPS) is 10.2. The van der Waals surface area contributed by atoms with Gasteiger partial charge in [0.05, 0.1) is 0 Å². The van der Waals surface area contributed by atoms with E-state index in [2.05, 4.69) is 54.5 Å². The molecule has 0 radical (unpaired) electrons. The summed E-state index contributed by atoms with van der Waals surface area (Å²) in [5.41, 5.74) is 3.86. The molecule has 0 atom stereocenters. The summed E-state index contributed by atoms with van der Waals surface area (Å²) < 4.78 is 1.21. The van der Waals surface area contributed by atoms with E-state index in [4.69, 9.17) is 0 Å². The van der Waals surface area contributed by atoms with Crippen molar-refractivity contribution in [2.24, 2.45) is 0 Å². The summed E-state index contributed by atoms with van der Waals surface area (Å²) in [7, 11) is 0. The highest BCUT2D eigenvalue weighted by atomic mass is 79.9. The highest BCUT2D eigenvalue weighted by molar-refractivity contribution is 9.10. The molecule has 60 valence electrons. The third-order valence-electron chi connectivity index (χ3n) is 1.68. The maximum absolute atomic E-state index is 4.22. The molecule has 0 aromatic heterocycles. The minimum atomic E-state index is 0.814. The average molecular weight is 231 g/mol. The van der Waals surface area contributed by atoms with E-state index in [0.717, 1.165) is 5.75 Å². The molecule has 11 heavy (non-hydrogen) atoms. The van der Waals surface area contributed by atoms with Crippen LogP contribution in [0.15, 0.2) is 16.6 Å². The van der Waals surface area contributed by atoms with E-state index in [1.807, 2.05) is 0 Å². The predicted octanol–water partition coefficient (Wildman–Crippen LogP) is 3.50. The molecule has 0 bridgehead atoms. The first kappa shape index (κ1) is 9.14. The molecule has 0 spiro atoms. The van der Waals surface area contributed by atoms with Gasteiger partial charge in [-0.05, 0) is 30.5 Å². The summed E-state index contributed by atoms with van der Waals surface area (Å²) in [6.07, 6.45) is 0. The minimum Gasteiger partial charge on any atom is -0.175 e. The molecule has 0 unspecified atom stereocenters. The molecule has 0 heterocycles.